The van der Waals surface area contributed by atoms with Crippen LogP contribution in [0.1, 0.15) is 12.8 Å². The number of rotatable bonds is 6. The normalized spacial score (nSPS) is 11.0. The number of hydrogen-bond donors (Lipinski definition) is 0. The van der Waals surface area contributed by atoms with E-state index >= 15 is 0 Å². The molecule has 0 bridgehead atoms. The van der Waals surface area contributed by atoms with Crippen molar-refractivity contribution in [2.75, 3.05) is 5.33 Å². The molecule has 20 heavy (non-hydrogen) atoms. The van der Waals surface area contributed by atoms with Crippen molar-refractivity contribution in [1.82, 2.24) is 0 Å². The van der Waals surface area contributed by atoms with E-state index in [0.29, 0.717) is 0 Å². The van der Waals surface area contributed by atoms with Crippen LogP contribution in [0.5, 0.6) is 0 Å². The minimum absolute atomic E-state index is 0.813. The van der Waals surface area contributed by atoms with Crippen LogP contribution in [0.15, 0.2) is 48.5 Å². The predicted molar refractivity (Wildman–Crippen MR) is 95.8 cm³/mol. The maximum absolute atomic E-state index is 6.01. The first kappa shape index (κ1) is 16.7. The zero-order valence-corrected chi connectivity index (χ0v) is 17.0. The predicted octanol–water partition coefficient (Wildman–Crippen LogP) is 4.78. The topological polar surface area (TPSA) is 0 Å². The van der Waals surface area contributed by atoms with Gasteiger partial charge in [0.25, 0.3) is 0 Å². The Kier molecular flexibility index (Phi) is 7.23. The van der Waals surface area contributed by atoms with Gasteiger partial charge in [0.15, 0.2) is 0 Å². The molecule has 0 N–H and O–H groups in total. The SMILES string of the molecule is Clc1cc[c]([Sn]([CH2]CCCBr)[c]2ccc(Cl)cc2)cc1. The number of alkyl halides is 1. The molecule has 2 aromatic carbocycles. The van der Waals surface area contributed by atoms with Crippen molar-refractivity contribution >= 4 is 66.1 Å². The fourth-order valence-corrected chi connectivity index (χ4v) is 10.4. The third-order valence-electron chi connectivity index (χ3n) is 3.20. The van der Waals surface area contributed by atoms with Gasteiger partial charge in [-0.1, -0.05) is 0 Å². The molecule has 0 aromatic heterocycles. The van der Waals surface area contributed by atoms with Crippen LogP contribution in [0.25, 0.3) is 0 Å². The van der Waals surface area contributed by atoms with Crippen LogP contribution in [-0.2, 0) is 0 Å². The summed E-state index contributed by atoms with van der Waals surface area (Å²) in [5.41, 5.74) is 0. The fourth-order valence-electron chi connectivity index (χ4n) is 2.15. The van der Waals surface area contributed by atoms with Crippen molar-refractivity contribution in [2.45, 2.75) is 17.3 Å². The standard InChI is InChI=1S/2C6H4Cl.C4H8Br.Sn/c2*7-6-4-2-1-3-5-6;1-2-3-4-5;/h2*2-5H;1-4H2;. The molecule has 0 nitrogen and oxygen atoms in total. The van der Waals surface area contributed by atoms with Crippen LogP contribution in [0.4, 0.5) is 0 Å². The Hall–Kier alpha value is 0.299. The Balaban J connectivity index is 2.23. The summed E-state index contributed by atoms with van der Waals surface area (Å²) < 4.78 is 4.35. The Bertz CT molecular complexity index is 480. The number of unbranched alkanes of at least 4 members (excludes halogenated alkanes) is 1. The molecule has 0 fully saturated rings. The number of benzene rings is 2. The first-order valence-corrected chi connectivity index (χ1v) is 13.4. The second kappa shape index (κ2) is 8.67. The number of hydrogen-bond acceptors (Lipinski definition) is 0. The van der Waals surface area contributed by atoms with Gasteiger partial charge >= 0.3 is 147 Å². The summed E-state index contributed by atoms with van der Waals surface area (Å²) in [5.74, 6) is 0. The van der Waals surface area contributed by atoms with Crippen LogP contribution < -0.4 is 7.16 Å². The summed E-state index contributed by atoms with van der Waals surface area (Å²) in [5, 5.41) is 2.71. The summed E-state index contributed by atoms with van der Waals surface area (Å²) in [6, 6.07) is 16.9. The van der Waals surface area contributed by atoms with Crippen LogP contribution >= 0.6 is 39.1 Å². The molecule has 0 aliphatic heterocycles. The molecule has 2 aromatic rings. The van der Waals surface area contributed by atoms with Crippen LogP contribution in [-0.4, -0.2) is 25.1 Å². The van der Waals surface area contributed by atoms with E-state index in [1.807, 2.05) is 24.3 Å². The molecule has 4 heteroatoms. The summed E-state index contributed by atoms with van der Waals surface area (Å²) in [4.78, 5) is 0. The van der Waals surface area contributed by atoms with Gasteiger partial charge in [-0.2, -0.15) is 0 Å². The average Bonchev–Trinajstić information content (AvgIpc) is 2.46. The van der Waals surface area contributed by atoms with E-state index in [4.69, 9.17) is 23.2 Å². The molecule has 0 atom stereocenters. The molecule has 1 radical (unpaired) electrons. The second-order valence-corrected chi connectivity index (χ2v) is 13.8. The molecule has 0 heterocycles. The molecule has 105 valence electrons. The van der Waals surface area contributed by atoms with Crippen molar-refractivity contribution in [3.8, 4) is 0 Å². The minimum atomic E-state index is -1.81. The van der Waals surface area contributed by atoms with E-state index in [1.165, 1.54) is 24.4 Å². The summed E-state index contributed by atoms with van der Waals surface area (Å²) in [6.07, 6.45) is 2.52. The summed E-state index contributed by atoms with van der Waals surface area (Å²) in [6.45, 7) is 0. The molecule has 2 rings (SSSR count). The molecule has 0 unspecified atom stereocenters. The van der Waals surface area contributed by atoms with Gasteiger partial charge in [-0.3, -0.25) is 0 Å². The summed E-state index contributed by atoms with van der Waals surface area (Å²) >= 11 is 13.7. The van der Waals surface area contributed by atoms with Crippen molar-refractivity contribution in [1.29, 1.82) is 0 Å². The maximum atomic E-state index is 6.01. The van der Waals surface area contributed by atoms with Gasteiger partial charge in [0, 0.05) is 0 Å². The van der Waals surface area contributed by atoms with Crippen LogP contribution in [0, 0.1) is 0 Å². The molecule has 0 aliphatic rings. The molecular formula is C16H16BrCl2Sn. The zero-order valence-electron chi connectivity index (χ0n) is 11.1. The van der Waals surface area contributed by atoms with E-state index < -0.39 is 19.8 Å². The molecular weight excluding hydrogens is 462 g/mol. The quantitative estimate of drug-likeness (QED) is 0.319. The van der Waals surface area contributed by atoms with Crippen LogP contribution in [0.2, 0.25) is 14.5 Å². The van der Waals surface area contributed by atoms with Crippen molar-refractivity contribution in [3.63, 3.8) is 0 Å². The van der Waals surface area contributed by atoms with Crippen LogP contribution in [0.3, 0.4) is 0 Å². The van der Waals surface area contributed by atoms with E-state index in [1.54, 1.807) is 0 Å². The van der Waals surface area contributed by atoms with Gasteiger partial charge in [-0.25, -0.2) is 0 Å². The van der Waals surface area contributed by atoms with E-state index in [0.717, 1.165) is 15.4 Å². The molecule has 0 amide bonds. The first-order chi connectivity index (χ1) is 9.70. The fraction of sp³-hybridized carbons (Fsp3) is 0.250. The van der Waals surface area contributed by atoms with Gasteiger partial charge in [0.2, 0.25) is 0 Å². The van der Waals surface area contributed by atoms with Gasteiger partial charge in [-0.05, 0) is 0 Å². The van der Waals surface area contributed by atoms with Gasteiger partial charge in [0.1, 0.15) is 0 Å². The third kappa shape index (κ3) is 4.94. The molecule has 0 saturated carbocycles. The average molecular weight is 478 g/mol. The Morgan fingerprint density at radius 3 is 1.60 bits per heavy atom. The Labute approximate surface area is 146 Å². The van der Waals surface area contributed by atoms with E-state index in [2.05, 4.69) is 40.2 Å². The van der Waals surface area contributed by atoms with Gasteiger partial charge in [-0.15, -0.1) is 0 Å². The molecule has 0 spiro atoms. The van der Waals surface area contributed by atoms with Crippen molar-refractivity contribution in [2.24, 2.45) is 0 Å². The van der Waals surface area contributed by atoms with Crippen molar-refractivity contribution in [3.05, 3.63) is 58.6 Å². The molecule has 0 aliphatic carbocycles. The first-order valence-electron chi connectivity index (χ1n) is 6.64. The Morgan fingerprint density at radius 2 is 1.20 bits per heavy atom. The second-order valence-electron chi connectivity index (χ2n) is 4.64. The van der Waals surface area contributed by atoms with Gasteiger partial charge in [0.05, 0.1) is 0 Å². The zero-order chi connectivity index (χ0) is 14.4. The van der Waals surface area contributed by atoms with Crippen molar-refractivity contribution < 1.29 is 0 Å². The summed E-state index contributed by atoms with van der Waals surface area (Å²) in [7, 11) is 0. The monoisotopic (exact) mass is 477 g/mol. The van der Waals surface area contributed by atoms with E-state index in [-0.39, 0.29) is 0 Å². The third-order valence-corrected chi connectivity index (χ3v) is 12.6. The Morgan fingerprint density at radius 1 is 0.750 bits per heavy atom. The van der Waals surface area contributed by atoms with Gasteiger partial charge < -0.3 is 0 Å². The van der Waals surface area contributed by atoms with E-state index in [9.17, 15) is 0 Å². The number of halogens is 3. The molecule has 0 saturated heterocycles.